The smallest absolute Gasteiger partial charge is 0.234 e. The van der Waals surface area contributed by atoms with Crippen LogP contribution in [0.5, 0.6) is 0 Å². The van der Waals surface area contributed by atoms with Crippen molar-refractivity contribution in [2.24, 2.45) is 5.14 Å². The number of rotatable bonds is 26. The molecule has 0 aliphatic carbocycles. The van der Waals surface area contributed by atoms with Gasteiger partial charge in [0.2, 0.25) is 52.6 Å². The number of carbonyl (C=O) groups excluding carboxylic acids is 2. The maximum Gasteiger partial charge on any atom is 0.234 e. The van der Waals surface area contributed by atoms with Crippen LogP contribution in [0.4, 0.5) is 0 Å². The largest absolute Gasteiger partial charge is 0.376 e. The quantitative estimate of drug-likeness (QED) is 0.0456. The molecule has 0 aromatic rings. The van der Waals surface area contributed by atoms with Crippen LogP contribution in [-0.2, 0) is 80.0 Å². The van der Waals surface area contributed by atoms with Crippen molar-refractivity contribution in [2.75, 3.05) is 85.1 Å². The van der Waals surface area contributed by atoms with E-state index >= 15 is 0 Å². The zero-order chi connectivity index (χ0) is 45.1. The standard InChI is InChI=1S/2C7H15NO3S.2C7H13NO3S.C4H9NO2S/c1-7(2)6-11-5-4-8-12(9)10-3;1-7(2)6-11-4-5-12(9,10)8-3;1-6(2)7(9)4-5-8-12(10)11-3;1-6(2)7(9)4-5-12(10,11)8-3;1-4(2)3-8(5,6)7/h2*8H,1,4-6H2,2-3H3;2*8H,1,4-5H2,2-3H3;1,3H2,2H3,(H2,5,6,7). The molecule has 0 rings (SSSR count). The van der Waals surface area contributed by atoms with Crippen LogP contribution >= 0.6 is 0 Å². The maximum absolute atomic E-state index is 10.9. The van der Waals surface area contributed by atoms with Crippen molar-refractivity contribution >= 4 is 64.2 Å². The van der Waals surface area contributed by atoms with Crippen LogP contribution < -0.4 is 24.0 Å². The summed E-state index contributed by atoms with van der Waals surface area (Å²) < 4.78 is 113. The summed E-state index contributed by atoms with van der Waals surface area (Å²) in [6, 6.07) is 0. The molecular weight excluding hydrogens is 839 g/mol. The van der Waals surface area contributed by atoms with Gasteiger partial charge in [-0.25, -0.2) is 57.7 Å². The van der Waals surface area contributed by atoms with E-state index in [1.807, 2.05) is 13.8 Å². The molecule has 0 fully saturated rings. The Kier molecular flexibility index (Phi) is 41.8. The van der Waals surface area contributed by atoms with Gasteiger partial charge in [0.05, 0.1) is 57.9 Å². The van der Waals surface area contributed by atoms with Crippen molar-refractivity contribution in [3.63, 3.8) is 0 Å². The van der Waals surface area contributed by atoms with Gasteiger partial charge in [0.1, 0.15) is 0 Å². The minimum absolute atomic E-state index is 0.00148. The summed E-state index contributed by atoms with van der Waals surface area (Å²) in [6.07, 6.45) is 0.295. The Hall–Kier alpha value is -2.17. The molecule has 19 nitrogen and oxygen atoms in total. The molecule has 6 N–H and O–H groups in total. The number of sulfonamides is 3. The van der Waals surface area contributed by atoms with E-state index in [1.165, 1.54) is 28.3 Å². The van der Waals surface area contributed by atoms with Gasteiger partial charge in [-0.15, -0.1) is 0 Å². The second-order valence-corrected chi connectivity index (χ2v) is 19.2. The van der Waals surface area contributed by atoms with Crippen LogP contribution in [0.2, 0.25) is 0 Å². The summed E-state index contributed by atoms with van der Waals surface area (Å²) in [4.78, 5) is 21.8. The third-order valence-corrected chi connectivity index (χ3v) is 10.2. The van der Waals surface area contributed by atoms with E-state index in [4.69, 9.17) is 9.47 Å². The highest BCUT2D eigenvalue weighted by Crippen LogP contribution is 1.98. The molecule has 2 unspecified atom stereocenters. The molecule has 2 atom stereocenters. The normalized spacial score (nSPS) is 11.9. The van der Waals surface area contributed by atoms with Gasteiger partial charge in [0.15, 0.2) is 11.6 Å². The third kappa shape index (κ3) is 56.2. The van der Waals surface area contributed by atoms with Crippen molar-refractivity contribution in [1.82, 2.24) is 18.9 Å². The van der Waals surface area contributed by atoms with E-state index < -0.39 is 52.6 Å². The predicted molar refractivity (Wildman–Crippen MR) is 225 cm³/mol. The van der Waals surface area contributed by atoms with E-state index in [-0.39, 0.29) is 41.9 Å². The summed E-state index contributed by atoms with van der Waals surface area (Å²) in [7, 11) is -4.31. The average molecular weight is 904 g/mol. The number of ketones is 2. The molecule has 0 bridgehead atoms. The molecule has 332 valence electrons. The van der Waals surface area contributed by atoms with E-state index in [0.29, 0.717) is 56.1 Å². The molecule has 0 aromatic heterocycles. The summed E-state index contributed by atoms with van der Waals surface area (Å²) >= 11 is -2.88. The lowest BCUT2D eigenvalue weighted by Crippen LogP contribution is -2.24. The molecule has 0 heterocycles. The molecule has 0 amide bonds. The molecule has 0 aromatic carbocycles. The number of hydrogen-bond donors (Lipinski definition) is 5. The Balaban J connectivity index is -0.000000195. The molecule has 0 saturated carbocycles. The molecule has 24 heteroatoms. The molecular formula is C32H65N5O14S5. The van der Waals surface area contributed by atoms with Crippen LogP contribution in [0.1, 0.15) is 47.5 Å². The molecule has 0 aliphatic rings. The van der Waals surface area contributed by atoms with Gasteiger partial charge >= 0.3 is 0 Å². The van der Waals surface area contributed by atoms with Crippen LogP contribution in [0, 0.1) is 0 Å². The van der Waals surface area contributed by atoms with E-state index in [0.717, 1.165) is 11.1 Å². The van der Waals surface area contributed by atoms with Gasteiger partial charge < -0.3 is 9.47 Å². The van der Waals surface area contributed by atoms with Gasteiger partial charge in [-0.3, -0.25) is 18.0 Å². The Morgan fingerprint density at radius 1 is 0.607 bits per heavy atom. The molecule has 0 radical (unpaired) electrons. The van der Waals surface area contributed by atoms with Crippen molar-refractivity contribution in [2.45, 2.75) is 47.5 Å². The fourth-order valence-corrected chi connectivity index (χ4v) is 5.07. The van der Waals surface area contributed by atoms with Gasteiger partial charge in [-0.1, -0.05) is 49.6 Å². The van der Waals surface area contributed by atoms with Crippen molar-refractivity contribution in [3.05, 3.63) is 60.8 Å². The number of Topliss-reactive ketones (excluding diaryl/α,β-unsaturated/α-hetero) is 2. The predicted octanol–water partition coefficient (Wildman–Crippen LogP) is 0.780. The fourth-order valence-electron chi connectivity index (χ4n) is 2.43. The minimum Gasteiger partial charge on any atom is -0.376 e. The van der Waals surface area contributed by atoms with Crippen LogP contribution in [-0.4, -0.2) is 130 Å². The number of allylic oxidation sites excluding steroid dienone is 2. The van der Waals surface area contributed by atoms with Crippen molar-refractivity contribution in [3.8, 4) is 0 Å². The number of nitrogens with two attached hydrogens (primary N) is 1. The summed E-state index contributed by atoms with van der Waals surface area (Å²) in [5.41, 5.74) is 3.33. The van der Waals surface area contributed by atoms with Crippen LogP contribution in [0.3, 0.4) is 0 Å². The minimum atomic E-state index is -3.32. The second-order valence-electron chi connectivity index (χ2n) is 11.3. The first kappa shape index (κ1) is 63.0. The van der Waals surface area contributed by atoms with Crippen molar-refractivity contribution < 1.29 is 61.1 Å². The lowest BCUT2D eigenvalue weighted by atomic mass is 10.2. The Morgan fingerprint density at radius 3 is 1.30 bits per heavy atom. The zero-order valence-corrected chi connectivity index (χ0v) is 38.2. The highest BCUT2D eigenvalue weighted by Gasteiger charge is 2.11. The summed E-state index contributed by atoms with van der Waals surface area (Å²) in [5.74, 6) is -0.539. The monoisotopic (exact) mass is 903 g/mol. The van der Waals surface area contributed by atoms with Crippen LogP contribution in [0.15, 0.2) is 60.8 Å². The van der Waals surface area contributed by atoms with Gasteiger partial charge in [0, 0.05) is 25.9 Å². The second kappa shape index (κ2) is 37.1. The van der Waals surface area contributed by atoms with E-state index in [2.05, 4.69) is 65.3 Å². The van der Waals surface area contributed by atoms with E-state index in [1.54, 1.807) is 20.8 Å². The first-order chi connectivity index (χ1) is 25.5. The van der Waals surface area contributed by atoms with Gasteiger partial charge in [0.25, 0.3) is 0 Å². The van der Waals surface area contributed by atoms with Crippen molar-refractivity contribution in [1.29, 1.82) is 0 Å². The number of primary sulfonamides is 1. The first-order valence-electron chi connectivity index (χ1n) is 16.2. The number of hydrogen-bond acceptors (Lipinski definition) is 14. The van der Waals surface area contributed by atoms with Gasteiger partial charge in [-0.2, -0.15) is 0 Å². The maximum atomic E-state index is 10.9. The van der Waals surface area contributed by atoms with E-state index in [9.17, 15) is 43.3 Å². The lowest BCUT2D eigenvalue weighted by Gasteiger charge is -2.03. The highest BCUT2D eigenvalue weighted by molar-refractivity contribution is 7.89. The third-order valence-electron chi connectivity index (χ3n) is 5.15. The SMILES string of the molecule is C=C(C)C(=O)CCNS(=O)OC.C=C(C)C(=O)CCS(=O)(=O)NC.C=C(C)COCCNS(=O)OC.C=C(C)COCCS(=O)(=O)NC.C=C(C)CS(N)(=O)=O. The topological polar surface area (TPSA) is 282 Å². The van der Waals surface area contributed by atoms with Crippen LogP contribution in [0.25, 0.3) is 0 Å². The molecule has 0 aliphatic heterocycles. The fraction of sp³-hybridized carbons (Fsp3) is 0.625. The molecule has 0 spiro atoms. The summed E-state index contributed by atoms with van der Waals surface area (Å²) in [5, 5.41) is 4.65. The summed E-state index contributed by atoms with van der Waals surface area (Å²) in [6.45, 7) is 28.6. The van der Waals surface area contributed by atoms with Gasteiger partial charge in [-0.05, 0) is 59.9 Å². The lowest BCUT2D eigenvalue weighted by molar-refractivity contribution is -0.116. The molecule has 56 heavy (non-hydrogen) atoms. The first-order valence-corrected chi connectivity index (χ1v) is 23.4. The Labute approximate surface area is 341 Å². The average Bonchev–Trinajstić information content (AvgIpc) is 3.08. The number of carbonyl (C=O) groups is 2. The number of ether oxygens (including phenoxy) is 2. The highest BCUT2D eigenvalue weighted by atomic mass is 32.2. The zero-order valence-electron chi connectivity index (χ0n) is 34.1. The molecule has 0 saturated heterocycles. The Morgan fingerprint density at radius 2 is 0.982 bits per heavy atom. The Bertz CT molecular complexity index is 1600. The number of nitrogens with one attached hydrogen (secondary N) is 4.